The number of benzene rings is 2. The van der Waals surface area contributed by atoms with Crippen molar-refractivity contribution in [1.82, 2.24) is 19.2 Å². The Morgan fingerprint density at radius 1 is 1.12 bits per heavy atom. The van der Waals surface area contributed by atoms with Crippen molar-refractivity contribution in [2.75, 3.05) is 11.9 Å². The van der Waals surface area contributed by atoms with E-state index in [4.69, 9.17) is 4.74 Å². The van der Waals surface area contributed by atoms with E-state index in [9.17, 15) is 9.59 Å². The van der Waals surface area contributed by atoms with E-state index >= 15 is 0 Å². The van der Waals surface area contributed by atoms with Crippen LogP contribution in [0.25, 0.3) is 5.78 Å². The van der Waals surface area contributed by atoms with Gasteiger partial charge >= 0.3 is 0 Å². The van der Waals surface area contributed by atoms with Crippen LogP contribution in [0.3, 0.4) is 0 Å². The van der Waals surface area contributed by atoms with Gasteiger partial charge in [0.1, 0.15) is 12.1 Å². The summed E-state index contributed by atoms with van der Waals surface area (Å²) in [5.41, 5.74) is 3.15. The molecule has 4 aromatic rings. The highest BCUT2D eigenvalue weighted by molar-refractivity contribution is 7.98. The zero-order chi connectivity index (χ0) is 24.1. The second-order valence-electron chi connectivity index (χ2n) is 7.95. The number of carbonyl (C=O) groups is 1. The highest BCUT2D eigenvalue weighted by Gasteiger charge is 2.12. The second-order valence-corrected chi connectivity index (χ2v) is 8.96. The van der Waals surface area contributed by atoms with Crippen LogP contribution in [-0.4, -0.2) is 31.7 Å². The molecule has 9 heteroatoms. The summed E-state index contributed by atoms with van der Waals surface area (Å²) in [5.74, 6) is 1.35. The number of hydrogen-bond donors (Lipinski definition) is 1. The molecule has 34 heavy (non-hydrogen) atoms. The number of thioether (sulfide) groups is 1. The van der Waals surface area contributed by atoms with Gasteiger partial charge in [-0.2, -0.15) is 9.50 Å². The van der Waals surface area contributed by atoms with Crippen LogP contribution in [0.15, 0.2) is 64.5 Å². The predicted molar refractivity (Wildman–Crippen MR) is 134 cm³/mol. The molecule has 8 nitrogen and oxygen atoms in total. The van der Waals surface area contributed by atoms with Gasteiger partial charge in [-0.15, -0.1) is 11.8 Å². The Kier molecular flexibility index (Phi) is 7.32. The van der Waals surface area contributed by atoms with Gasteiger partial charge in [0.05, 0.1) is 11.4 Å². The number of fused-ring (bicyclic) bond motifs is 1. The lowest BCUT2D eigenvalue weighted by Gasteiger charge is -2.13. The number of nitrogens with one attached hydrogen (secondary N) is 1. The number of carbonyl (C=O) groups excluding carboxylic acids is 1. The summed E-state index contributed by atoms with van der Waals surface area (Å²) in [6.07, 6.45) is 2.53. The molecule has 0 atom stereocenters. The van der Waals surface area contributed by atoms with Gasteiger partial charge < -0.3 is 10.1 Å². The van der Waals surface area contributed by atoms with Crippen molar-refractivity contribution in [3.8, 4) is 5.75 Å². The van der Waals surface area contributed by atoms with E-state index in [-0.39, 0.29) is 18.1 Å². The lowest BCUT2D eigenvalue weighted by molar-refractivity contribution is -0.118. The van der Waals surface area contributed by atoms with Gasteiger partial charge in [-0.1, -0.05) is 37.3 Å². The third-order valence-corrected chi connectivity index (χ3v) is 6.35. The van der Waals surface area contributed by atoms with E-state index in [0.717, 1.165) is 28.2 Å². The zero-order valence-corrected chi connectivity index (χ0v) is 20.3. The third kappa shape index (κ3) is 5.31. The smallest absolute Gasteiger partial charge is 0.274 e. The molecule has 0 saturated carbocycles. The summed E-state index contributed by atoms with van der Waals surface area (Å²) in [7, 11) is 0. The largest absolute Gasteiger partial charge is 0.483 e. The zero-order valence-electron chi connectivity index (χ0n) is 19.4. The van der Waals surface area contributed by atoms with Gasteiger partial charge in [0.25, 0.3) is 17.2 Å². The summed E-state index contributed by atoms with van der Waals surface area (Å²) >= 11 is 1.50. The SMILES string of the molecule is CCCn1cnc2nc(CSc3ccccc3NC(=O)COc3c(C)cccc3C)cc(=O)n21. The number of aryl methyl sites for hydroxylation is 3. The fourth-order valence-corrected chi connectivity index (χ4v) is 4.56. The number of anilines is 1. The highest BCUT2D eigenvalue weighted by atomic mass is 32.2. The number of hydrogen-bond acceptors (Lipinski definition) is 6. The summed E-state index contributed by atoms with van der Waals surface area (Å²) in [6.45, 7) is 6.57. The van der Waals surface area contributed by atoms with Crippen LogP contribution in [-0.2, 0) is 17.1 Å². The van der Waals surface area contributed by atoms with Crippen molar-refractivity contribution in [3.05, 3.63) is 82.0 Å². The van der Waals surface area contributed by atoms with Crippen LogP contribution in [0, 0.1) is 13.8 Å². The van der Waals surface area contributed by atoms with Crippen molar-refractivity contribution >= 4 is 29.1 Å². The minimum absolute atomic E-state index is 0.0832. The molecule has 2 aromatic heterocycles. The monoisotopic (exact) mass is 477 g/mol. The van der Waals surface area contributed by atoms with E-state index in [1.807, 2.05) is 63.2 Å². The molecule has 0 fully saturated rings. The van der Waals surface area contributed by atoms with Gasteiger partial charge in [-0.05, 0) is 43.5 Å². The molecule has 0 unspecified atom stereocenters. The molecule has 0 aliphatic heterocycles. The first-order valence-electron chi connectivity index (χ1n) is 11.1. The fraction of sp³-hybridized carbons (Fsp3) is 0.280. The second kappa shape index (κ2) is 10.6. The number of aromatic nitrogens is 4. The van der Waals surface area contributed by atoms with Crippen molar-refractivity contribution in [3.63, 3.8) is 0 Å². The van der Waals surface area contributed by atoms with Crippen molar-refractivity contribution < 1.29 is 9.53 Å². The molecule has 0 aliphatic carbocycles. The minimum atomic E-state index is -0.241. The van der Waals surface area contributed by atoms with Crippen LogP contribution in [0.1, 0.15) is 30.2 Å². The van der Waals surface area contributed by atoms with Gasteiger partial charge in [0.15, 0.2) is 6.61 Å². The number of nitrogens with zero attached hydrogens (tertiary/aromatic N) is 4. The van der Waals surface area contributed by atoms with E-state index < -0.39 is 0 Å². The lowest BCUT2D eigenvalue weighted by atomic mass is 10.1. The number of para-hydroxylation sites is 2. The molecule has 0 saturated heterocycles. The predicted octanol–water partition coefficient (Wildman–Crippen LogP) is 4.23. The van der Waals surface area contributed by atoms with Crippen molar-refractivity contribution in [2.24, 2.45) is 0 Å². The van der Waals surface area contributed by atoms with Gasteiger partial charge in [0.2, 0.25) is 0 Å². The number of rotatable bonds is 9. The fourth-order valence-electron chi connectivity index (χ4n) is 3.66. The Morgan fingerprint density at radius 2 is 1.88 bits per heavy atom. The molecule has 2 aromatic carbocycles. The standard InChI is InChI=1S/C25H27N5O3S/c1-4-12-29-16-26-25-27-19(13-23(32)30(25)29)15-34-21-11-6-5-10-20(21)28-22(31)14-33-24-17(2)8-7-9-18(24)3/h5-11,13,16H,4,12,14-15H2,1-3H3,(H,28,31). The molecule has 1 amide bonds. The summed E-state index contributed by atoms with van der Waals surface area (Å²) < 4.78 is 9.03. The molecular weight excluding hydrogens is 450 g/mol. The maximum atomic E-state index is 12.6. The van der Waals surface area contributed by atoms with Crippen LogP contribution < -0.4 is 15.6 Å². The van der Waals surface area contributed by atoms with E-state index in [1.165, 1.54) is 22.3 Å². The Morgan fingerprint density at radius 3 is 2.65 bits per heavy atom. The van der Waals surface area contributed by atoms with Crippen LogP contribution in [0.5, 0.6) is 5.75 Å². The summed E-state index contributed by atoms with van der Waals surface area (Å²) in [5, 5.41) is 2.93. The molecule has 176 valence electrons. The summed E-state index contributed by atoms with van der Waals surface area (Å²) in [4.78, 5) is 34.8. The lowest BCUT2D eigenvalue weighted by Crippen LogP contribution is -2.21. The van der Waals surface area contributed by atoms with Crippen LogP contribution in [0.4, 0.5) is 5.69 Å². The quantitative estimate of drug-likeness (QED) is 0.363. The average molecular weight is 478 g/mol. The normalized spacial score (nSPS) is 11.0. The van der Waals surface area contributed by atoms with E-state index in [1.54, 1.807) is 11.0 Å². The topological polar surface area (TPSA) is 90.5 Å². The Labute approximate surface area is 202 Å². The first-order valence-corrected chi connectivity index (χ1v) is 12.1. The van der Waals surface area contributed by atoms with Crippen molar-refractivity contribution in [2.45, 2.75) is 44.4 Å². The van der Waals surface area contributed by atoms with Crippen LogP contribution in [0.2, 0.25) is 0 Å². The average Bonchev–Trinajstić information content (AvgIpc) is 3.22. The molecule has 4 rings (SSSR count). The Hall–Kier alpha value is -3.59. The molecule has 1 N–H and O–H groups in total. The molecular formula is C25H27N5O3S. The van der Waals surface area contributed by atoms with E-state index in [2.05, 4.69) is 15.3 Å². The van der Waals surface area contributed by atoms with Crippen molar-refractivity contribution in [1.29, 1.82) is 0 Å². The minimum Gasteiger partial charge on any atom is -0.483 e. The molecule has 0 aliphatic rings. The third-order valence-electron chi connectivity index (χ3n) is 5.24. The molecule has 0 radical (unpaired) electrons. The Balaban J connectivity index is 1.42. The molecule has 0 bridgehead atoms. The highest BCUT2D eigenvalue weighted by Crippen LogP contribution is 2.29. The van der Waals surface area contributed by atoms with E-state index in [0.29, 0.717) is 29.5 Å². The maximum Gasteiger partial charge on any atom is 0.274 e. The van der Waals surface area contributed by atoms with Crippen LogP contribution >= 0.6 is 11.8 Å². The Bertz CT molecular complexity index is 1360. The molecule has 2 heterocycles. The van der Waals surface area contributed by atoms with Gasteiger partial charge in [0, 0.05) is 23.3 Å². The van der Waals surface area contributed by atoms with Gasteiger partial charge in [-0.3, -0.25) is 14.3 Å². The first kappa shape index (κ1) is 23.6. The number of ether oxygens (including phenoxy) is 1. The number of amides is 1. The summed E-state index contributed by atoms with van der Waals surface area (Å²) in [6, 6.07) is 14.9. The first-order chi connectivity index (χ1) is 16.5. The van der Waals surface area contributed by atoms with Gasteiger partial charge in [-0.25, -0.2) is 4.98 Å². The molecule has 0 spiro atoms. The maximum absolute atomic E-state index is 12.6.